The molecule has 9 heteroatoms. The van der Waals surface area contributed by atoms with E-state index in [1.54, 1.807) is 11.1 Å². The van der Waals surface area contributed by atoms with Crippen LogP contribution in [-0.2, 0) is 17.4 Å². The second kappa shape index (κ2) is 7.18. The minimum absolute atomic E-state index is 0.00844. The van der Waals surface area contributed by atoms with E-state index in [9.17, 15) is 18.0 Å². The van der Waals surface area contributed by atoms with Crippen LogP contribution >= 0.6 is 22.7 Å². The van der Waals surface area contributed by atoms with Crippen LogP contribution in [-0.4, -0.2) is 33.9 Å². The lowest BCUT2D eigenvalue weighted by atomic mass is 9.97. The molecule has 24 heavy (non-hydrogen) atoms. The fourth-order valence-electron chi connectivity index (χ4n) is 2.73. The molecule has 3 rings (SSSR count). The molecule has 0 aliphatic carbocycles. The third kappa shape index (κ3) is 4.13. The van der Waals surface area contributed by atoms with Crippen molar-refractivity contribution in [1.82, 2.24) is 14.9 Å². The Balaban J connectivity index is 1.50. The summed E-state index contributed by atoms with van der Waals surface area (Å²) in [6.45, 7) is 1.14. The molecule has 130 valence electrons. The first kappa shape index (κ1) is 17.3. The second-order valence-corrected chi connectivity index (χ2v) is 7.52. The van der Waals surface area contributed by atoms with Crippen molar-refractivity contribution < 1.29 is 18.0 Å². The summed E-state index contributed by atoms with van der Waals surface area (Å²) < 4.78 is 37.9. The van der Waals surface area contributed by atoms with E-state index in [4.69, 9.17) is 0 Å². The number of hydrogen-bond donors (Lipinski definition) is 0. The molecule has 1 aliphatic rings. The topological polar surface area (TPSA) is 46.1 Å². The summed E-state index contributed by atoms with van der Waals surface area (Å²) in [5.41, 5.74) is -0.815. The molecule has 1 fully saturated rings. The van der Waals surface area contributed by atoms with E-state index in [1.807, 2.05) is 5.38 Å². The van der Waals surface area contributed by atoms with Crippen LogP contribution in [0.2, 0.25) is 0 Å². The Morgan fingerprint density at radius 1 is 1.29 bits per heavy atom. The van der Waals surface area contributed by atoms with Crippen molar-refractivity contribution in [2.75, 3.05) is 13.1 Å². The maximum atomic E-state index is 12.6. The Morgan fingerprint density at radius 3 is 2.62 bits per heavy atom. The summed E-state index contributed by atoms with van der Waals surface area (Å²) >= 11 is 2.59. The largest absolute Gasteiger partial charge is 0.434 e. The molecule has 0 radical (unpaired) electrons. The number of alkyl halides is 3. The highest BCUT2D eigenvalue weighted by molar-refractivity contribution is 7.09. The molecular formula is C15H16F3N3OS2. The molecule has 0 aromatic carbocycles. The fraction of sp³-hybridized carbons (Fsp3) is 0.533. The van der Waals surface area contributed by atoms with Gasteiger partial charge in [-0.2, -0.15) is 13.2 Å². The Labute approximate surface area is 145 Å². The molecule has 0 N–H and O–H groups in total. The van der Waals surface area contributed by atoms with Gasteiger partial charge in [0.25, 0.3) is 0 Å². The van der Waals surface area contributed by atoms with Crippen molar-refractivity contribution in [3.05, 3.63) is 32.7 Å². The van der Waals surface area contributed by atoms with Crippen molar-refractivity contribution in [2.24, 2.45) is 0 Å². The average molecular weight is 375 g/mol. The smallest absolute Gasteiger partial charge is 0.343 e. The monoisotopic (exact) mass is 375 g/mol. The van der Waals surface area contributed by atoms with Crippen LogP contribution in [0.1, 0.15) is 40.9 Å². The van der Waals surface area contributed by atoms with Gasteiger partial charge in [0.15, 0.2) is 5.69 Å². The van der Waals surface area contributed by atoms with Gasteiger partial charge in [0.05, 0.1) is 10.0 Å². The highest BCUT2D eigenvalue weighted by Gasteiger charge is 2.35. The number of rotatable bonds is 4. The number of amides is 1. The zero-order chi connectivity index (χ0) is 17.2. The highest BCUT2D eigenvalue weighted by atomic mass is 32.1. The standard InChI is InChI=1S/C15H16F3N3OS2/c16-15(17,18)11-9-24-14(20-11)10-3-6-21(7-4-10)13(22)2-1-12-19-5-8-23-12/h5,8-10H,1-4,6-7H2. The van der Waals surface area contributed by atoms with Gasteiger partial charge in [-0.15, -0.1) is 22.7 Å². The molecular weight excluding hydrogens is 359 g/mol. The lowest BCUT2D eigenvalue weighted by molar-refractivity contribution is -0.140. The molecule has 3 heterocycles. The van der Waals surface area contributed by atoms with Gasteiger partial charge in [0, 0.05) is 48.8 Å². The van der Waals surface area contributed by atoms with Gasteiger partial charge >= 0.3 is 6.18 Å². The number of likely N-dealkylation sites (tertiary alicyclic amines) is 1. The number of aryl methyl sites for hydroxylation is 1. The van der Waals surface area contributed by atoms with Crippen molar-refractivity contribution in [1.29, 1.82) is 0 Å². The van der Waals surface area contributed by atoms with Gasteiger partial charge in [-0.1, -0.05) is 0 Å². The predicted octanol–water partition coefficient (Wildman–Crippen LogP) is 3.96. The van der Waals surface area contributed by atoms with Gasteiger partial charge in [-0.25, -0.2) is 9.97 Å². The third-order valence-corrected chi connectivity index (χ3v) is 5.89. The zero-order valence-electron chi connectivity index (χ0n) is 12.8. The third-order valence-electron chi connectivity index (χ3n) is 4.05. The number of aromatic nitrogens is 2. The Kier molecular flexibility index (Phi) is 5.19. The van der Waals surface area contributed by atoms with Crippen molar-refractivity contribution >= 4 is 28.6 Å². The van der Waals surface area contributed by atoms with E-state index in [2.05, 4.69) is 9.97 Å². The van der Waals surface area contributed by atoms with Gasteiger partial charge in [-0.05, 0) is 12.8 Å². The molecule has 0 unspecified atom stereocenters. The highest BCUT2D eigenvalue weighted by Crippen LogP contribution is 2.35. The summed E-state index contributed by atoms with van der Waals surface area (Å²) in [5, 5.41) is 4.42. The molecule has 0 bridgehead atoms. The van der Waals surface area contributed by atoms with Crippen LogP contribution in [0.15, 0.2) is 17.0 Å². The summed E-state index contributed by atoms with van der Waals surface area (Å²) in [4.78, 5) is 21.9. The summed E-state index contributed by atoms with van der Waals surface area (Å²) in [7, 11) is 0. The Morgan fingerprint density at radius 2 is 2.04 bits per heavy atom. The second-order valence-electron chi connectivity index (χ2n) is 5.65. The number of halogens is 3. The molecule has 1 saturated heterocycles. The van der Waals surface area contributed by atoms with Crippen molar-refractivity contribution in [2.45, 2.75) is 37.8 Å². The first-order valence-corrected chi connectivity index (χ1v) is 9.38. The molecule has 1 aliphatic heterocycles. The lowest BCUT2D eigenvalue weighted by Crippen LogP contribution is -2.38. The lowest BCUT2D eigenvalue weighted by Gasteiger charge is -2.31. The number of carbonyl (C=O) groups excluding carboxylic acids is 1. The van der Waals surface area contributed by atoms with E-state index >= 15 is 0 Å². The number of nitrogens with zero attached hydrogens (tertiary/aromatic N) is 3. The van der Waals surface area contributed by atoms with Crippen molar-refractivity contribution in [3.63, 3.8) is 0 Å². The number of thiazole rings is 2. The molecule has 0 spiro atoms. The average Bonchev–Trinajstić information content (AvgIpc) is 3.23. The number of carbonyl (C=O) groups is 1. The van der Waals surface area contributed by atoms with Crippen molar-refractivity contribution in [3.8, 4) is 0 Å². The normalized spacial score (nSPS) is 16.5. The minimum atomic E-state index is -4.39. The van der Waals surface area contributed by atoms with E-state index < -0.39 is 11.9 Å². The first-order valence-electron chi connectivity index (χ1n) is 7.62. The fourth-order valence-corrected chi connectivity index (χ4v) is 4.35. The van der Waals surface area contributed by atoms with E-state index in [0.29, 0.717) is 43.8 Å². The molecule has 1 amide bonds. The minimum Gasteiger partial charge on any atom is -0.343 e. The van der Waals surface area contributed by atoms with E-state index in [1.165, 1.54) is 11.3 Å². The zero-order valence-corrected chi connectivity index (χ0v) is 14.4. The summed E-state index contributed by atoms with van der Waals surface area (Å²) in [6.07, 6.45) is -0.284. The van der Waals surface area contributed by atoms with E-state index in [-0.39, 0.29) is 11.8 Å². The van der Waals surface area contributed by atoms with Gasteiger partial charge in [0.1, 0.15) is 0 Å². The quantitative estimate of drug-likeness (QED) is 0.813. The van der Waals surface area contributed by atoms with Gasteiger partial charge in [-0.3, -0.25) is 4.79 Å². The molecule has 0 atom stereocenters. The van der Waals surface area contributed by atoms with Crippen LogP contribution in [0, 0.1) is 0 Å². The maximum Gasteiger partial charge on any atom is 0.434 e. The Bertz CT molecular complexity index is 676. The molecule has 0 saturated carbocycles. The molecule has 2 aromatic rings. The van der Waals surface area contributed by atoms with Crippen LogP contribution < -0.4 is 0 Å². The van der Waals surface area contributed by atoms with Gasteiger partial charge in [0.2, 0.25) is 5.91 Å². The number of piperidine rings is 1. The first-order chi connectivity index (χ1) is 11.4. The van der Waals surface area contributed by atoms with Crippen LogP contribution in [0.3, 0.4) is 0 Å². The number of hydrogen-bond acceptors (Lipinski definition) is 5. The molecule has 2 aromatic heterocycles. The van der Waals surface area contributed by atoms with Crippen LogP contribution in [0.4, 0.5) is 13.2 Å². The van der Waals surface area contributed by atoms with Gasteiger partial charge < -0.3 is 4.90 Å². The SMILES string of the molecule is O=C(CCc1nccs1)N1CCC(c2nc(C(F)(F)F)cs2)CC1. The van der Waals surface area contributed by atoms with Crippen LogP contribution in [0.5, 0.6) is 0 Å². The summed E-state index contributed by atoms with van der Waals surface area (Å²) in [5.74, 6) is 0.0906. The Hall–Kier alpha value is -1.48. The molecule has 4 nitrogen and oxygen atoms in total. The van der Waals surface area contributed by atoms with E-state index in [0.717, 1.165) is 21.7 Å². The maximum absolute atomic E-state index is 12.6. The predicted molar refractivity (Wildman–Crippen MR) is 86.1 cm³/mol. The van der Waals surface area contributed by atoms with Crippen LogP contribution in [0.25, 0.3) is 0 Å². The summed E-state index contributed by atoms with van der Waals surface area (Å²) in [6, 6.07) is 0.